The second-order valence-corrected chi connectivity index (χ2v) is 4.28. The minimum absolute atomic E-state index is 0.0482. The topological polar surface area (TPSA) is 60.7 Å². The van der Waals surface area contributed by atoms with Gasteiger partial charge in [0.25, 0.3) is 0 Å². The van der Waals surface area contributed by atoms with Gasteiger partial charge in [0.1, 0.15) is 11.5 Å². The molecule has 0 atom stereocenters. The Morgan fingerprint density at radius 3 is 2.61 bits per heavy atom. The van der Waals surface area contributed by atoms with Crippen LogP contribution in [0.2, 0.25) is 0 Å². The third-order valence-corrected chi connectivity index (χ3v) is 3.03. The first-order chi connectivity index (χ1) is 8.54. The van der Waals surface area contributed by atoms with Crippen molar-refractivity contribution in [3.8, 4) is 0 Å². The van der Waals surface area contributed by atoms with Crippen LogP contribution in [-0.4, -0.2) is 25.5 Å². The highest BCUT2D eigenvalue weighted by Gasteiger charge is 2.18. The van der Waals surface area contributed by atoms with E-state index in [0.29, 0.717) is 17.7 Å². The number of hydrogen-bond acceptors (Lipinski definition) is 4. The molecule has 0 bridgehead atoms. The van der Waals surface area contributed by atoms with Crippen LogP contribution < -0.4 is 0 Å². The molecule has 2 aromatic heterocycles. The van der Waals surface area contributed by atoms with Crippen molar-refractivity contribution in [2.45, 2.75) is 27.2 Å². The first-order valence-corrected chi connectivity index (χ1v) is 5.90. The molecule has 0 aromatic carbocycles. The number of aromatic nitrogens is 4. The first kappa shape index (κ1) is 12.4. The van der Waals surface area contributed by atoms with Gasteiger partial charge in [-0.3, -0.25) is 4.79 Å². The highest BCUT2D eigenvalue weighted by atomic mass is 16.1. The summed E-state index contributed by atoms with van der Waals surface area (Å²) in [7, 11) is 1.84. The molecule has 5 nitrogen and oxygen atoms in total. The van der Waals surface area contributed by atoms with E-state index in [2.05, 4.69) is 15.2 Å². The maximum absolute atomic E-state index is 12.5. The van der Waals surface area contributed by atoms with Crippen molar-refractivity contribution < 1.29 is 4.79 Å². The minimum atomic E-state index is -0.0482. The fraction of sp³-hybridized carbons (Fsp3) is 0.385. The summed E-state index contributed by atoms with van der Waals surface area (Å²) in [6.07, 6.45) is 2.29. The summed E-state index contributed by atoms with van der Waals surface area (Å²) in [6.45, 7) is 5.66. The zero-order valence-corrected chi connectivity index (χ0v) is 11.1. The van der Waals surface area contributed by atoms with E-state index < -0.39 is 0 Å². The van der Waals surface area contributed by atoms with Gasteiger partial charge in [0, 0.05) is 12.6 Å². The molecule has 94 valence electrons. The van der Waals surface area contributed by atoms with Crippen LogP contribution >= 0.6 is 0 Å². The molecule has 0 aliphatic carbocycles. The summed E-state index contributed by atoms with van der Waals surface area (Å²) < 4.78 is 1.79. The first-order valence-electron chi connectivity index (χ1n) is 5.90. The Balaban J connectivity index is 2.52. The van der Waals surface area contributed by atoms with E-state index in [0.717, 1.165) is 17.2 Å². The summed E-state index contributed by atoms with van der Waals surface area (Å²) in [5, 5.41) is 8.07. The zero-order valence-electron chi connectivity index (χ0n) is 11.1. The van der Waals surface area contributed by atoms with Gasteiger partial charge >= 0.3 is 0 Å². The number of carbonyl (C=O) groups excluding carboxylic acids is 1. The number of aryl methyl sites for hydroxylation is 3. The maximum Gasteiger partial charge on any atom is 0.212 e. The Labute approximate surface area is 106 Å². The number of imidazole rings is 1. The van der Waals surface area contributed by atoms with Crippen molar-refractivity contribution >= 4 is 5.78 Å². The van der Waals surface area contributed by atoms with Gasteiger partial charge in [-0.1, -0.05) is 6.92 Å². The second-order valence-electron chi connectivity index (χ2n) is 4.28. The number of rotatable bonds is 3. The molecule has 0 radical (unpaired) electrons. The van der Waals surface area contributed by atoms with Crippen molar-refractivity contribution in [2.24, 2.45) is 7.05 Å². The molecule has 2 heterocycles. The highest BCUT2D eigenvalue weighted by molar-refractivity contribution is 6.08. The molecule has 2 rings (SSSR count). The van der Waals surface area contributed by atoms with Crippen LogP contribution in [0.3, 0.4) is 0 Å². The van der Waals surface area contributed by atoms with Crippen LogP contribution in [0.5, 0.6) is 0 Å². The lowest BCUT2D eigenvalue weighted by Gasteiger charge is -2.07. The van der Waals surface area contributed by atoms with Crippen molar-refractivity contribution in [1.29, 1.82) is 0 Å². The minimum Gasteiger partial charge on any atom is -0.329 e. The molecule has 0 aliphatic heterocycles. The SMILES string of the molecule is CCc1nnc(C)cc1C(=O)c1cnc(C)n1C. The van der Waals surface area contributed by atoms with Crippen LogP contribution in [0.1, 0.15) is 40.2 Å². The molecule has 0 fully saturated rings. The lowest BCUT2D eigenvalue weighted by molar-refractivity contribution is 0.102. The molecule has 18 heavy (non-hydrogen) atoms. The van der Waals surface area contributed by atoms with Crippen molar-refractivity contribution in [1.82, 2.24) is 19.7 Å². The van der Waals surface area contributed by atoms with Crippen LogP contribution in [0.25, 0.3) is 0 Å². The van der Waals surface area contributed by atoms with Gasteiger partial charge in [0.2, 0.25) is 5.78 Å². The molecule has 0 unspecified atom stereocenters. The fourth-order valence-corrected chi connectivity index (χ4v) is 1.82. The molecule has 0 aliphatic rings. The molecule has 0 N–H and O–H groups in total. The van der Waals surface area contributed by atoms with E-state index in [1.165, 1.54) is 0 Å². The van der Waals surface area contributed by atoms with E-state index in [1.54, 1.807) is 16.8 Å². The zero-order chi connectivity index (χ0) is 13.3. The highest BCUT2D eigenvalue weighted by Crippen LogP contribution is 2.14. The summed E-state index contributed by atoms with van der Waals surface area (Å²) in [5.74, 6) is 0.767. The van der Waals surface area contributed by atoms with E-state index in [4.69, 9.17) is 0 Å². The summed E-state index contributed by atoms with van der Waals surface area (Å²) >= 11 is 0. The summed E-state index contributed by atoms with van der Waals surface area (Å²) in [5.41, 5.74) is 2.67. The molecule has 0 spiro atoms. The monoisotopic (exact) mass is 244 g/mol. The van der Waals surface area contributed by atoms with Gasteiger partial charge in [-0.2, -0.15) is 10.2 Å². The Kier molecular flexibility index (Phi) is 3.23. The van der Waals surface area contributed by atoms with E-state index in [9.17, 15) is 4.79 Å². The molecule has 2 aromatic rings. The van der Waals surface area contributed by atoms with Crippen LogP contribution in [-0.2, 0) is 13.5 Å². The third kappa shape index (κ3) is 2.03. The Hall–Kier alpha value is -2.04. The van der Waals surface area contributed by atoms with Crippen molar-refractivity contribution in [3.63, 3.8) is 0 Å². The Morgan fingerprint density at radius 2 is 2.06 bits per heavy atom. The largest absolute Gasteiger partial charge is 0.329 e. The predicted molar refractivity (Wildman–Crippen MR) is 67.5 cm³/mol. The third-order valence-electron chi connectivity index (χ3n) is 3.03. The molecule has 0 saturated heterocycles. The van der Waals surface area contributed by atoms with Gasteiger partial charge in [-0.25, -0.2) is 4.98 Å². The Bertz CT molecular complexity index is 601. The van der Waals surface area contributed by atoms with Gasteiger partial charge < -0.3 is 4.57 Å². The summed E-state index contributed by atoms with van der Waals surface area (Å²) in [6, 6.07) is 1.79. The average Bonchev–Trinajstić information content (AvgIpc) is 2.69. The molecule has 0 saturated carbocycles. The van der Waals surface area contributed by atoms with E-state index >= 15 is 0 Å². The van der Waals surface area contributed by atoms with Crippen molar-refractivity contribution in [3.05, 3.63) is 40.7 Å². The van der Waals surface area contributed by atoms with Crippen molar-refractivity contribution in [2.75, 3.05) is 0 Å². The van der Waals surface area contributed by atoms with Gasteiger partial charge in [0.05, 0.1) is 17.6 Å². The number of nitrogens with zero attached hydrogens (tertiary/aromatic N) is 4. The smallest absolute Gasteiger partial charge is 0.212 e. The fourth-order valence-electron chi connectivity index (χ4n) is 1.82. The molecular weight excluding hydrogens is 228 g/mol. The number of ketones is 1. The normalized spacial score (nSPS) is 10.7. The number of carbonyl (C=O) groups is 1. The predicted octanol–water partition coefficient (Wildman–Crippen LogP) is 1.62. The van der Waals surface area contributed by atoms with Crippen LogP contribution in [0, 0.1) is 13.8 Å². The lowest BCUT2D eigenvalue weighted by Crippen LogP contribution is -2.12. The lowest BCUT2D eigenvalue weighted by atomic mass is 10.1. The average molecular weight is 244 g/mol. The van der Waals surface area contributed by atoms with Crippen LogP contribution in [0.4, 0.5) is 0 Å². The molecule has 5 heteroatoms. The standard InChI is InChI=1S/C13H16N4O/c1-5-11-10(6-8(2)15-16-11)13(18)12-7-14-9(3)17(12)4/h6-7H,5H2,1-4H3. The maximum atomic E-state index is 12.5. The second kappa shape index (κ2) is 4.68. The van der Waals surface area contributed by atoms with Gasteiger partial charge in [-0.15, -0.1) is 0 Å². The van der Waals surface area contributed by atoms with Gasteiger partial charge in [0.15, 0.2) is 0 Å². The quantitative estimate of drug-likeness (QED) is 0.770. The number of hydrogen-bond donors (Lipinski definition) is 0. The molecule has 0 amide bonds. The van der Waals surface area contributed by atoms with E-state index in [1.807, 2.05) is 27.8 Å². The summed E-state index contributed by atoms with van der Waals surface area (Å²) in [4.78, 5) is 16.6. The van der Waals surface area contributed by atoms with Crippen LogP contribution in [0.15, 0.2) is 12.3 Å². The Morgan fingerprint density at radius 1 is 1.33 bits per heavy atom. The molecular formula is C13H16N4O. The van der Waals surface area contributed by atoms with Gasteiger partial charge in [-0.05, 0) is 26.3 Å². The van der Waals surface area contributed by atoms with E-state index in [-0.39, 0.29) is 5.78 Å².